The number of carbonyl (C=O) groups excluding carboxylic acids is 1. The van der Waals surface area contributed by atoms with E-state index in [0.29, 0.717) is 6.42 Å². The minimum Gasteiger partial charge on any atom is -0.491 e. The lowest BCUT2D eigenvalue weighted by atomic mass is 9.81. The highest BCUT2D eigenvalue weighted by Gasteiger charge is 2.26. The lowest BCUT2D eigenvalue weighted by Crippen LogP contribution is -2.43. The van der Waals surface area contributed by atoms with Gasteiger partial charge < -0.3 is 15.4 Å². The summed E-state index contributed by atoms with van der Waals surface area (Å²) in [6, 6.07) is 7.79. The van der Waals surface area contributed by atoms with Gasteiger partial charge in [-0.05, 0) is 62.9 Å². The van der Waals surface area contributed by atoms with Crippen molar-refractivity contribution in [1.82, 2.24) is 10.6 Å². The van der Waals surface area contributed by atoms with Crippen LogP contribution in [0.15, 0.2) is 24.3 Å². The van der Waals surface area contributed by atoms with Crippen molar-refractivity contribution in [2.45, 2.75) is 46.1 Å². The van der Waals surface area contributed by atoms with Crippen LogP contribution in [-0.4, -0.2) is 31.6 Å². The van der Waals surface area contributed by atoms with Gasteiger partial charge in [-0.3, -0.25) is 4.79 Å². The van der Waals surface area contributed by atoms with Crippen molar-refractivity contribution in [3.63, 3.8) is 0 Å². The monoisotopic (exact) mass is 304 g/mol. The molecule has 1 aliphatic rings. The minimum atomic E-state index is 0.0847. The number of hydrogen-bond acceptors (Lipinski definition) is 3. The lowest BCUT2D eigenvalue weighted by molar-refractivity contribution is -0.121. The number of hydrogen-bond donors (Lipinski definition) is 2. The maximum atomic E-state index is 12.2. The molecule has 22 heavy (non-hydrogen) atoms. The summed E-state index contributed by atoms with van der Waals surface area (Å²) in [5.74, 6) is 0.909. The second kappa shape index (κ2) is 7.63. The molecular weight excluding hydrogens is 276 g/mol. The number of benzene rings is 1. The van der Waals surface area contributed by atoms with E-state index in [1.165, 1.54) is 0 Å². The van der Waals surface area contributed by atoms with Crippen LogP contribution in [0.25, 0.3) is 0 Å². The molecule has 1 aromatic carbocycles. The summed E-state index contributed by atoms with van der Waals surface area (Å²) < 4.78 is 5.67. The molecule has 122 valence electrons. The van der Waals surface area contributed by atoms with Crippen LogP contribution in [0.3, 0.4) is 0 Å². The van der Waals surface area contributed by atoms with Crippen LogP contribution in [0.1, 0.15) is 39.2 Å². The summed E-state index contributed by atoms with van der Waals surface area (Å²) in [4.78, 5) is 12.2. The van der Waals surface area contributed by atoms with Crippen molar-refractivity contribution in [1.29, 1.82) is 0 Å². The Balaban J connectivity index is 1.84. The summed E-state index contributed by atoms with van der Waals surface area (Å²) in [5.41, 5.74) is 1.22. The maximum Gasteiger partial charge on any atom is 0.224 e. The predicted octanol–water partition coefficient (Wildman–Crippen LogP) is 2.52. The van der Waals surface area contributed by atoms with Crippen LogP contribution in [0, 0.1) is 5.41 Å². The largest absolute Gasteiger partial charge is 0.491 e. The van der Waals surface area contributed by atoms with Crippen molar-refractivity contribution in [2.75, 3.05) is 19.6 Å². The minimum absolute atomic E-state index is 0.0847. The summed E-state index contributed by atoms with van der Waals surface area (Å²) >= 11 is 0. The average Bonchev–Trinajstić information content (AvgIpc) is 2.46. The molecule has 0 aromatic heterocycles. The first kappa shape index (κ1) is 16.8. The van der Waals surface area contributed by atoms with Crippen LogP contribution in [0.4, 0.5) is 0 Å². The second-order valence-electron chi connectivity index (χ2n) is 6.83. The zero-order chi connectivity index (χ0) is 16.0. The summed E-state index contributed by atoms with van der Waals surface area (Å²) in [6.07, 6.45) is 2.78. The zero-order valence-corrected chi connectivity index (χ0v) is 13.9. The Bertz CT molecular complexity index is 494. The Morgan fingerprint density at radius 1 is 1.36 bits per heavy atom. The molecule has 4 nitrogen and oxygen atoms in total. The van der Waals surface area contributed by atoms with Crippen LogP contribution in [-0.2, 0) is 11.2 Å². The molecule has 4 heteroatoms. The fourth-order valence-electron chi connectivity index (χ4n) is 2.77. The molecule has 0 bridgehead atoms. The maximum absolute atomic E-state index is 12.2. The fraction of sp³-hybridized carbons (Fsp3) is 0.611. The molecule has 0 spiro atoms. The third kappa shape index (κ3) is 5.34. The topological polar surface area (TPSA) is 50.4 Å². The Kier molecular flexibility index (Phi) is 5.83. The van der Waals surface area contributed by atoms with Gasteiger partial charge in [-0.1, -0.05) is 19.1 Å². The SMILES string of the molecule is CC(C)Oc1cccc(CC(=O)NCC2(C)CCNCC2)c1. The van der Waals surface area contributed by atoms with Crippen molar-refractivity contribution >= 4 is 5.91 Å². The van der Waals surface area contributed by atoms with Crippen LogP contribution in [0.5, 0.6) is 5.75 Å². The highest BCUT2D eigenvalue weighted by Crippen LogP contribution is 2.26. The highest BCUT2D eigenvalue weighted by atomic mass is 16.5. The van der Waals surface area contributed by atoms with E-state index < -0.39 is 0 Å². The first-order chi connectivity index (χ1) is 10.5. The first-order valence-corrected chi connectivity index (χ1v) is 8.20. The average molecular weight is 304 g/mol. The van der Waals surface area contributed by atoms with Crippen molar-refractivity contribution in [2.24, 2.45) is 5.41 Å². The van der Waals surface area contributed by atoms with E-state index in [2.05, 4.69) is 17.6 Å². The molecule has 0 saturated carbocycles. The molecule has 2 rings (SSSR count). The van der Waals surface area contributed by atoms with Crippen molar-refractivity contribution in [3.05, 3.63) is 29.8 Å². The summed E-state index contributed by atoms with van der Waals surface area (Å²) in [5, 5.41) is 6.46. The van der Waals surface area contributed by atoms with E-state index in [4.69, 9.17) is 4.74 Å². The summed E-state index contributed by atoms with van der Waals surface area (Å²) in [7, 11) is 0. The van der Waals surface area contributed by atoms with Gasteiger partial charge in [0, 0.05) is 6.54 Å². The molecule has 1 saturated heterocycles. The molecule has 1 fully saturated rings. The molecule has 1 aromatic rings. The molecule has 0 atom stereocenters. The van der Waals surface area contributed by atoms with E-state index >= 15 is 0 Å². The second-order valence-corrected chi connectivity index (χ2v) is 6.83. The smallest absolute Gasteiger partial charge is 0.224 e. The number of rotatable bonds is 6. The van der Waals surface area contributed by atoms with E-state index in [-0.39, 0.29) is 17.4 Å². The number of amides is 1. The number of ether oxygens (including phenoxy) is 1. The third-order valence-corrected chi connectivity index (χ3v) is 4.16. The van der Waals surface area contributed by atoms with Gasteiger partial charge in [0.25, 0.3) is 0 Å². The standard InChI is InChI=1S/C18H28N2O2/c1-14(2)22-16-6-4-5-15(11-16)12-17(21)20-13-18(3)7-9-19-10-8-18/h4-6,11,14,19H,7-10,12-13H2,1-3H3,(H,20,21). The number of carbonyl (C=O) groups is 1. The zero-order valence-electron chi connectivity index (χ0n) is 13.9. The van der Waals surface area contributed by atoms with Gasteiger partial charge in [0.1, 0.15) is 5.75 Å². The highest BCUT2D eigenvalue weighted by molar-refractivity contribution is 5.78. The summed E-state index contributed by atoms with van der Waals surface area (Å²) in [6.45, 7) is 9.10. The molecule has 0 aliphatic carbocycles. The number of piperidine rings is 1. The Hall–Kier alpha value is -1.55. The molecule has 1 amide bonds. The van der Waals surface area contributed by atoms with Gasteiger partial charge in [-0.15, -0.1) is 0 Å². The Morgan fingerprint density at radius 3 is 2.77 bits per heavy atom. The molecule has 0 unspecified atom stereocenters. The molecular formula is C18H28N2O2. The van der Waals surface area contributed by atoms with Crippen molar-refractivity contribution in [3.8, 4) is 5.75 Å². The Morgan fingerprint density at radius 2 is 2.09 bits per heavy atom. The quantitative estimate of drug-likeness (QED) is 0.849. The number of nitrogens with one attached hydrogen (secondary N) is 2. The lowest BCUT2D eigenvalue weighted by Gasteiger charge is -2.34. The van der Waals surface area contributed by atoms with Gasteiger partial charge in [0.2, 0.25) is 5.91 Å². The molecule has 1 heterocycles. The normalized spacial score (nSPS) is 17.3. The van der Waals surface area contributed by atoms with E-state index in [1.54, 1.807) is 0 Å². The first-order valence-electron chi connectivity index (χ1n) is 8.20. The third-order valence-electron chi connectivity index (χ3n) is 4.16. The van der Waals surface area contributed by atoms with Gasteiger partial charge in [0.05, 0.1) is 12.5 Å². The van der Waals surface area contributed by atoms with E-state index in [9.17, 15) is 4.79 Å². The molecule has 1 aliphatic heterocycles. The molecule has 0 radical (unpaired) electrons. The van der Waals surface area contributed by atoms with Gasteiger partial charge in [0.15, 0.2) is 0 Å². The Labute approximate surface area is 133 Å². The van der Waals surface area contributed by atoms with E-state index in [0.717, 1.165) is 43.8 Å². The van der Waals surface area contributed by atoms with Gasteiger partial charge >= 0.3 is 0 Å². The van der Waals surface area contributed by atoms with E-state index in [1.807, 2.05) is 38.1 Å². The van der Waals surface area contributed by atoms with Crippen LogP contribution >= 0.6 is 0 Å². The van der Waals surface area contributed by atoms with Crippen molar-refractivity contribution < 1.29 is 9.53 Å². The van der Waals surface area contributed by atoms with Gasteiger partial charge in [-0.25, -0.2) is 0 Å². The van der Waals surface area contributed by atoms with Gasteiger partial charge in [-0.2, -0.15) is 0 Å². The van der Waals surface area contributed by atoms with Crippen LogP contribution < -0.4 is 15.4 Å². The fourth-order valence-corrected chi connectivity index (χ4v) is 2.77. The predicted molar refractivity (Wildman–Crippen MR) is 89.1 cm³/mol. The molecule has 2 N–H and O–H groups in total. The van der Waals surface area contributed by atoms with Crippen LogP contribution in [0.2, 0.25) is 0 Å².